The van der Waals surface area contributed by atoms with Crippen LogP contribution in [0.3, 0.4) is 0 Å². The summed E-state index contributed by atoms with van der Waals surface area (Å²) in [6.45, 7) is 28.1. The van der Waals surface area contributed by atoms with Gasteiger partial charge < -0.3 is 9.47 Å². The zero-order valence-electron chi connectivity index (χ0n) is 67.7. The number of rotatable bonds is 23. The minimum absolute atomic E-state index is 0.0576. The number of unbranched alkanes of at least 4 members (excludes halogenated alkanes) is 6. The molecule has 572 valence electrons. The Labute approximate surface area is 675 Å². The predicted octanol–water partition coefficient (Wildman–Crippen LogP) is 31.0. The second-order valence-corrected chi connectivity index (χ2v) is 41.0. The Hall–Kier alpha value is -7.35. The van der Waals surface area contributed by atoms with Crippen molar-refractivity contribution >= 4 is 49.4 Å². The van der Waals surface area contributed by atoms with Gasteiger partial charge in [-0.25, -0.2) is 4.79 Å². The molecular weight excluding hydrogens is 1410 g/mol. The van der Waals surface area contributed by atoms with E-state index in [2.05, 4.69) is 214 Å². The Balaban J connectivity index is 0.638. The number of esters is 1. The van der Waals surface area contributed by atoms with E-state index in [9.17, 15) is 4.79 Å². The first-order valence-corrected chi connectivity index (χ1v) is 46.1. The van der Waals surface area contributed by atoms with Gasteiger partial charge in [-0.3, -0.25) is 0 Å². The molecule has 0 N–H and O–H groups in total. The van der Waals surface area contributed by atoms with Crippen LogP contribution in [0.2, 0.25) is 0 Å². The van der Waals surface area contributed by atoms with Crippen LogP contribution in [0.5, 0.6) is 5.75 Å². The normalized spacial score (nSPS) is 28.3. The van der Waals surface area contributed by atoms with Crippen molar-refractivity contribution in [3.63, 3.8) is 0 Å². The highest BCUT2D eigenvalue weighted by atomic mass is 32.1. The number of hydrogen-bond acceptors (Lipinski definition) is 6. The summed E-state index contributed by atoms with van der Waals surface area (Å²) in [4.78, 5) is 18.9. The van der Waals surface area contributed by atoms with Gasteiger partial charge in [-0.05, 0) is 333 Å². The van der Waals surface area contributed by atoms with E-state index in [4.69, 9.17) is 9.47 Å². The standard InChI is InChI=1S/C105H116O3S3/c1-11-16-17-18-19-20-21-27-89(96(106)108-75(14-4)15-5)107-76-36-29-69(30-37-76)90-44-45-91(109-90)72-33-41-80-78-39-31-70(61-84(78)103(86(80)63-72)97(7)48-22-50-98(103,8)51-23-49-97)71-32-40-79-81-42-34-73(64-87(81)104(85(79)62-71)99(9)52-24-53-100(104,10)59-58-99)92-66-94-95(110-92)67-93(111-94)74-35-43-82-77-38-28-68(6)60-83(77)105(88(82)65-74)101(46-12-2)54-25-56-102(105,47-13-3)57-26-55-101/h14-15,28-45,60-67,75,89H,4-5,11-13,16-27,46-59H2,1-3,6-10H3. The Morgan fingerprint density at radius 3 is 1.21 bits per heavy atom. The number of ether oxygens (including phenoxy) is 2. The number of carbonyl (C=O) groups excluding carboxylic acids is 1. The molecule has 19 rings (SSSR count). The van der Waals surface area contributed by atoms with E-state index in [-0.39, 0.29) is 43.9 Å². The minimum Gasteiger partial charge on any atom is -0.479 e. The van der Waals surface area contributed by atoms with Crippen LogP contribution in [0.4, 0.5) is 0 Å². The van der Waals surface area contributed by atoms with Crippen LogP contribution < -0.4 is 4.74 Å². The Morgan fingerprint density at radius 1 is 0.387 bits per heavy atom. The van der Waals surface area contributed by atoms with Gasteiger partial charge in [0.15, 0.2) is 6.10 Å². The number of carbonyl (C=O) groups is 1. The topological polar surface area (TPSA) is 35.5 Å². The third-order valence-corrected chi connectivity index (χ3v) is 35.5. The summed E-state index contributed by atoms with van der Waals surface area (Å²) in [6.07, 6.45) is 38.0. The summed E-state index contributed by atoms with van der Waals surface area (Å²) in [5, 5.41) is 0. The molecule has 3 heterocycles. The molecule has 3 atom stereocenters. The molecule has 0 amide bonds. The highest BCUT2D eigenvalue weighted by Gasteiger charge is 2.72. The Morgan fingerprint density at radius 2 is 0.757 bits per heavy atom. The number of hydrogen-bond donors (Lipinski definition) is 0. The number of fused-ring (bicyclic) bond motifs is 10. The van der Waals surface area contributed by atoms with Crippen molar-refractivity contribution in [2.75, 3.05) is 0 Å². The second-order valence-electron chi connectivity index (χ2n) is 37.7. The van der Waals surface area contributed by atoms with Gasteiger partial charge in [0.1, 0.15) is 11.9 Å². The van der Waals surface area contributed by atoms with Crippen molar-refractivity contribution in [2.45, 2.75) is 270 Å². The highest BCUT2D eigenvalue weighted by Crippen LogP contribution is 2.80. The van der Waals surface area contributed by atoms with Crippen molar-refractivity contribution in [1.29, 1.82) is 0 Å². The average Bonchev–Trinajstić information content (AvgIpc) is 1.54. The molecule has 3 nitrogen and oxygen atoms in total. The first-order chi connectivity index (χ1) is 53.9. The van der Waals surface area contributed by atoms with E-state index in [1.54, 1.807) is 45.5 Å². The van der Waals surface area contributed by atoms with E-state index in [1.165, 1.54) is 263 Å². The lowest BCUT2D eigenvalue weighted by molar-refractivity contribution is -0.153. The van der Waals surface area contributed by atoms with Gasteiger partial charge in [0.25, 0.3) is 0 Å². The largest absolute Gasteiger partial charge is 0.479 e. The molecule has 6 bridgehead atoms. The number of benzene rings is 7. The molecule has 9 aliphatic rings. The van der Waals surface area contributed by atoms with Crippen LogP contribution >= 0.6 is 34.0 Å². The predicted molar refractivity (Wildman–Crippen MR) is 471 cm³/mol. The fraction of sp³-hybridized carbons (Fsp3) is 0.457. The highest BCUT2D eigenvalue weighted by molar-refractivity contribution is 7.31. The third kappa shape index (κ3) is 10.7. The Kier molecular flexibility index (Phi) is 18.4. The van der Waals surface area contributed by atoms with Gasteiger partial charge >= 0.3 is 5.97 Å². The first-order valence-electron chi connectivity index (χ1n) is 43.6. The fourth-order valence-corrected chi connectivity index (χ4v) is 31.1. The monoisotopic (exact) mass is 1520 g/mol. The van der Waals surface area contributed by atoms with Gasteiger partial charge in [0, 0.05) is 45.2 Å². The van der Waals surface area contributed by atoms with Crippen LogP contribution in [0.15, 0.2) is 183 Å². The van der Waals surface area contributed by atoms with E-state index < -0.39 is 12.2 Å². The smallest absolute Gasteiger partial charge is 0.348 e. The summed E-state index contributed by atoms with van der Waals surface area (Å²) < 4.78 is 15.1. The molecule has 10 aromatic rings. The second kappa shape index (κ2) is 27.7. The molecule has 3 aromatic heterocycles. The molecule has 3 unspecified atom stereocenters. The Bertz CT molecular complexity index is 5200. The van der Waals surface area contributed by atoms with Crippen molar-refractivity contribution in [1.82, 2.24) is 0 Å². The summed E-state index contributed by atoms with van der Waals surface area (Å²) in [6, 6.07) is 64.6. The van der Waals surface area contributed by atoms with Crippen molar-refractivity contribution in [2.24, 2.45) is 32.5 Å². The lowest BCUT2D eigenvalue weighted by atomic mass is 9.36. The van der Waals surface area contributed by atoms with E-state index >= 15 is 0 Å². The molecular formula is C105H116O3S3. The lowest BCUT2D eigenvalue weighted by Crippen LogP contribution is -2.62. The summed E-state index contributed by atoms with van der Waals surface area (Å²) >= 11 is 5.94. The third-order valence-electron chi connectivity index (χ3n) is 31.9. The molecule has 0 radical (unpaired) electrons. The van der Waals surface area contributed by atoms with Gasteiger partial charge in [-0.15, -0.1) is 34.0 Å². The zero-order valence-corrected chi connectivity index (χ0v) is 70.1. The SMILES string of the molecule is C=CC(C=C)OC(=O)C(CCCCCCCCC)Oc1ccc(-c2ccc(-c3ccc4c(c3)C3(c5cc(-c6ccc7c(c6)C6(c8cc(-c9cc%10sc(-c%11ccc%12c(c%11)C%11(c%13cc(C)ccc%13-%12)C%12(CCC)CCCC%11(CCC)CCC%12)cc%10s9)ccc8-7)C7(C)CCCC6(C)CC7)ccc5-4)C4(C)CCCC3(C)CCC4)s2)cc1. The summed E-state index contributed by atoms with van der Waals surface area (Å²) in [5.74, 6) is 0.301. The van der Waals surface area contributed by atoms with Crippen molar-refractivity contribution < 1.29 is 14.3 Å². The first kappa shape index (κ1) is 73.8. The molecule has 7 aromatic carbocycles. The van der Waals surface area contributed by atoms with E-state index in [0.717, 1.165) is 18.4 Å². The molecule has 9 aliphatic carbocycles. The number of aryl methyl sites for hydroxylation is 1. The van der Waals surface area contributed by atoms with E-state index in [1.807, 2.05) is 46.1 Å². The van der Waals surface area contributed by atoms with Crippen LogP contribution in [0.25, 0.3) is 95.7 Å². The van der Waals surface area contributed by atoms with Gasteiger partial charge in [0.05, 0.1) is 0 Å². The quantitative estimate of drug-likeness (QED) is 0.0364. The van der Waals surface area contributed by atoms with Crippen LogP contribution in [0.1, 0.15) is 274 Å². The fourth-order valence-electron chi connectivity index (χ4n) is 27.7. The minimum atomic E-state index is -0.703. The molecule has 3 spiro atoms. The van der Waals surface area contributed by atoms with Crippen LogP contribution in [-0.4, -0.2) is 18.2 Å². The molecule has 0 aliphatic heterocycles. The van der Waals surface area contributed by atoms with Crippen molar-refractivity contribution in [3.8, 4) is 92.0 Å². The van der Waals surface area contributed by atoms with Gasteiger partial charge in [-0.1, -0.05) is 230 Å². The molecule has 111 heavy (non-hydrogen) atoms. The summed E-state index contributed by atoms with van der Waals surface area (Å²) in [5.41, 5.74) is 28.9. The molecule has 0 saturated heterocycles. The average molecular weight is 1520 g/mol. The van der Waals surface area contributed by atoms with E-state index in [0.29, 0.717) is 23.0 Å². The van der Waals surface area contributed by atoms with Crippen molar-refractivity contribution in [3.05, 3.63) is 222 Å². The maximum Gasteiger partial charge on any atom is 0.348 e. The molecule has 6 fully saturated rings. The van der Waals surface area contributed by atoms with Crippen LogP contribution in [0, 0.1) is 39.4 Å². The van der Waals surface area contributed by atoms with Crippen LogP contribution in [-0.2, 0) is 25.8 Å². The zero-order chi connectivity index (χ0) is 76.1. The maximum absolute atomic E-state index is 13.6. The number of thiophene rings is 3. The summed E-state index contributed by atoms with van der Waals surface area (Å²) in [7, 11) is 0. The lowest BCUT2D eigenvalue weighted by Gasteiger charge is -2.67. The molecule has 6 saturated carbocycles. The van der Waals surface area contributed by atoms with Gasteiger partial charge in [0.2, 0.25) is 0 Å². The maximum atomic E-state index is 13.6. The van der Waals surface area contributed by atoms with Gasteiger partial charge in [-0.2, -0.15) is 0 Å². The molecule has 6 heteroatoms.